The monoisotopic (exact) mass is 314 g/mol. The summed E-state index contributed by atoms with van der Waals surface area (Å²) in [7, 11) is 5.20. The second-order valence-electron chi connectivity index (χ2n) is 7.10. The standard InChI is InChI=1S/C10H17NO2.C6H14.C2H7N/c1-8-3-4-10(5-8)6-11(7-10)9(12)13-2;1-4-6(3)5-2;1-3-2/h8H,3-7H2,1-2H3;6H,4-5H2,1-3H3;3H,1-2H3. The highest BCUT2D eigenvalue weighted by atomic mass is 16.5. The molecule has 1 amide bonds. The Kier molecular flexibility index (Phi) is 10.5. The van der Waals surface area contributed by atoms with Crippen molar-refractivity contribution in [2.75, 3.05) is 34.3 Å². The van der Waals surface area contributed by atoms with Gasteiger partial charge in [-0.05, 0) is 38.8 Å². The highest BCUT2D eigenvalue weighted by molar-refractivity contribution is 5.68. The number of nitrogens with one attached hydrogen (secondary N) is 1. The summed E-state index contributed by atoms with van der Waals surface area (Å²) in [4.78, 5) is 12.9. The number of hydrogen-bond acceptors (Lipinski definition) is 3. The number of likely N-dealkylation sites (tertiary alicyclic amines) is 1. The number of ether oxygens (including phenoxy) is 1. The Bertz CT molecular complexity index is 297. The van der Waals surface area contributed by atoms with Crippen LogP contribution in [0.5, 0.6) is 0 Å². The summed E-state index contributed by atoms with van der Waals surface area (Å²) < 4.78 is 4.67. The largest absolute Gasteiger partial charge is 0.453 e. The Morgan fingerprint density at radius 2 is 1.82 bits per heavy atom. The van der Waals surface area contributed by atoms with Gasteiger partial charge in [-0.25, -0.2) is 4.79 Å². The number of methoxy groups -OCH3 is 1. The maximum absolute atomic E-state index is 11.1. The SMILES string of the molecule is CCC(C)CC.CNC.COC(=O)N1CC2(CCC(C)C2)C1. The molecule has 0 aromatic heterocycles. The van der Waals surface area contributed by atoms with E-state index in [-0.39, 0.29) is 6.09 Å². The highest BCUT2D eigenvalue weighted by Gasteiger charge is 2.48. The number of hydrogen-bond donors (Lipinski definition) is 1. The van der Waals surface area contributed by atoms with Gasteiger partial charge in [-0.1, -0.05) is 47.0 Å². The Morgan fingerprint density at radius 1 is 1.32 bits per heavy atom. The van der Waals surface area contributed by atoms with E-state index in [0.717, 1.165) is 24.9 Å². The van der Waals surface area contributed by atoms with E-state index in [4.69, 9.17) is 0 Å². The van der Waals surface area contributed by atoms with E-state index >= 15 is 0 Å². The molecule has 1 unspecified atom stereocenters. The van der Waals surface area contributed by atoms with Gasteiger partial charge in [0.25, 0.3) is 0 Å². The van der Waals surface area contributed by atoms with Gasteiger partial charge in [-0.2, -0.15) is 0 Å². The van der Waals surface area contributed by atoms with Crippen molar-refractivity contribution in [3.05, 3.63) is 0 Å². The summed E-state index contributed by atoms with van der Waals surface area (Å²) >= 11 is 0. The molecule has 1 spiro atoms. The fraction of sp³-hybridized carbons (Fsp3) is 0.944. The van der Waals surface area contributed by atoms with E-state index in [2.05, 4.69) is 37.7 Å². The van der Waals surface area contributed by atoms with Gasteiger partial charge < -0.3 is 15.0 Å². The zero-order valence-electron chi connectivity index (χ0n) is 15.9. The summed E-state index contributed by atoms with van der Waals surface area (Å²) in [5, 5.41) is 2.75. The van der Waals surface area contributed by atoms with Crippen LogP contribution < -0.4 is 5.32 Å². The minimum Gasteiger partial charge on any atom is -0.453 e. The van der Waals surface area contributed by atoms with Gasteiger partial charge in [0, 0.05) is 18.5 Å². The number of nitrogens with zero attached hydrogens (tertiary/aromatic N) is 1. The second kappa shape index (κ2) is 10.9. The average molecular weight is 315 g/mol. The molecule has 2 fully saturated rings. The fourth-order valence-corrected chi connectivity index (χ4v) is 3.09. The molecule has 1 saturated heterocycles. The van der Waals surface area contributed by atoms with Crippen LogP contribution in [-0.2, 0) is 4.74 Å². The number of rotatable bonds is 2. The molecular weight excluding hydrogens is 276 g/mol. The van der Waals surface area contributed by atoms with Gasteiger partial charge in [-0.3, -0.25) is 0 Å². The third kappa shape index (κ3) is 6.99. The van der Waals surface area contributed by atoms with Crippen molar-refractivity contribution in [3.63, 3.8) is 0 Å². The molecule has 1 saturated carbocycles. The van der Waals surface area contributed by atoms with Gasteiger partial charge in [0.1, 0.15) is 0 Å². The molecule has 0 radical (unpaired) electrons. The van der Waals surface area contributed by atoms with Gasteiger partial charge in [0.15, 0.2) is 0 Å². The maximum Gasteiger partial charge on any atom is 0.409 e. The van der Waals surface area contributed by atoms with E-state index < -0.39 is 0 Å². The van der Waals surface area contributed by atoms with E-state index in [1.54, 1.807) is 4.90 Å². The molecule has 22 heavy (non-hydrogen) atoms. The van der Waals surface area contributed by atoms with Crippen molar-refractivity contribution in [1.29, 1.82) is 0 Å². The predicted molar refractivity (Wildman–Crippen MR) is 94.2 cm³/mol. The average Bonchev–Trinajstić information content (AvgIpc) is 2.88. The van der Waals surface area contributed by atoms with Gasteiger partial charge in [0.2, 0.25) is 0 Å². The third-order valence-electron chi connectivity index (χ3n) is 4.83. The van der Waals surface area contributed by atoms with Gasteiger partial charge in [-0.15, -0.1) is 0 Å². The third-order valence-corrected chi connectivity index (χ3v) is 4.83. The van der Waals surface area contributed by atoms with Crippen LogP contribution in [0, 0.1) is 17.3 Å². The van der Waals surface area contributed by atoms with Crippen LogP contribution in [0.2, 0.25) is 0 Å². The molecule has 0 aromatic carbocycles. The van der Waals surface area contributed by atoms with Crippen LogP contribution in [-0.4, -0.2) is 45.3 Å². The summed E-state index contributed by atoms with van der Waals surface area (Å²) in [5.41, 5.74) is 0.466. The van der Waals surface area contributed by atoms with Crippen molar-refractivity contribution in [2.24, 2.45) is 17.3 Å². The molecule has 2 aliphatic rings. The lowest BCUT2D eigenvalue weighted by atomic mass is 9.78. The first-order valence-corrected chi connectivity index (χ1v) is 8.79. The Labute approximate surface area is 138 Å². The number of carbonyl (C=O) groups is 1. The molecule has 4 heteroatoms. The fourth-order valence-electron chi connectivity index (χ4n) is 3.09. The molecule has 0 bridgehead atoms. The Hall–Kier alpha value is -0.770. The van der Waals surface area contributed by atoms with Gasteiger partial charge in [0.05, 0.1) is 7.11 Å². The molecule has 1 heterocycles. The molecule has 2 rings (SSSR count). The van der Waals surface area contributed by atoms with Gasteiger partial charge >= 0.3 is 6.09 Å². The molecule has 1 aliphatic carbocycles. The molecule has 1 atom stereocenters. The second-order valence-corrected chi connectivity index (χ2v) is 7.10. The smallest absolute Gasteiger partial charge is 0.409 e. The molecule has 4 nitrogen and oxygen atoms in total. The van der Waals surface area contributed by atoms with Crippen LogP contribution >= 0.6 is 0 Å². The summed E-state index contributed by atoms with van der Waals surface area (Å²) in [6.45, 7) is 10.9. The lowest BCUT2D eigenvalue weighted by Gasteiger charge is -2.47. The molecule has 1 N–H and O–H groups in total. The minimum absolute atomic E-state index is 0.162. The lowest BCUT2D eigenvalue weighted by molar-refractivity contribution is 0.00562. The van der Waals surface area contributed by atoms with Crippen LogP contribution in [0.3, 0.4) is 0 Å². The first-order chi connectivity index (χ1) is 10.4. The number of carbonyl (C=O) groups excluding carboxylic acids is 1. The first kappa shape index (κ1) is 21.2. The Balaban J connectivity index is 0.000000414. The van der Waals surface area contributed by atoms with Crippen molar-refractivity contribution >= 4 is 6.09 Å². The highest BCUT2D eigenvalue weighted by Crippen LogP contribution is 2.47. The van der Waals surface area contributed by atoms with E-state index in [0.29, 0.717) is 5.41 Å². The summed E-state index contributed by atoms with van der Waals surface area (Å²) in [6.07, 6.45) is 6.41. The molecule has 0 aromatic rings. The van der Waals surface area contributed by atoms with Crippen molar-refractivity contribution in [1.82, 2.24) is 10.2 Å². The topological polar surface area (TPSA) is 41.6 Å². The molecule has 1 aliphatic heterocycles. The Morgan fingerprint density at radius 3 is 2.09 bits per heavy atom. The zero-order chi connectivity index (χ0) is 17.2. The predicted octanol–water partition coefficient (Wildman–Crippen LogP) is 4.15. The number of amides is 1. The van der Waals surface area contributed by atoms with Crippen LogP contribution in [0.25, 0.3) is 0 Å². The van der Waals surface area contributed by atoms with Crippen LogP contribution in [0.4, 0.5) is 4.79 Å². The lowest BCUT2D eigenvalue weighted by Crippen LogP contribution is -2.57. The van der Waals surface area contributed by atoms with E-state index in [1.165, 1.54) is 39.2 Å². The normalized spacial score (nSPS) is 21.5. The summed E-state index contributed by atoms with van der Waals surface area (Å²) in [6, 6.07) is 0. The minimum atomic E-state index is -0.162. The summed E-state index contributed by atoms with van der Waals surface area (Å²) in [5.74, 6) is 1.78. The van der Waals surface area contributed by atoms with Crippen molar-refractivity contribution in [2.45, 2.75) is 59.8 Å². The van der Waals surface area contributed by atoms with Crippen molar-refractivity contribution in [3.8, 4) is 0 Å². The van der Waals surface area contributed by atoms with Crippen LogP contribution in [0.1, 0.15) is 59.8 Å². The van der Waals surface area contributed by atoms with Crippen molar-refractivity contribution < 1.29 is 9.53 Å². The quantitative estimate of drug-likeness (QED) is 0.832. The first-order valence-electron chi connectivity index (χ1n) is 8.79. The maximum atomic E-state index is 11.1. The van der Waals surface area contributed by atoms with Crippen LogP contribution in [0.15, 0.2) is 0 Å². The molecule has 132 valence electrons. The zero-order valence-corrected chi connectivity index (χ0v) is 15.9. The van der Waals surface area contributed by atoms with E-state index in [1.807, 2.05) is 14.1 Å². The molecular formula is C18H38N2O2. The van der Waals surface area contributed by atoms with E-state index in [9.17, 15) is 4.79 Å².